The summed E-state index contributed by atoms with van der Waals surface area (Å²) in [4.78, 5) is 34.3. The minimum atomic E-state index is -0.289. The maximum atomic E-state index is 13.5. The lowest BCUT2D eigenvalue weighted by molar-refractivity contribution is -0.122. The summed E-state index contributed by atoms with van der Waals surface area (Å²) in [5, 5.41) is 3.97. The highest BCUT2D eigenvalue weighted by atomic mass is 19.1. The number of carbonyl (C=O) groups excluding carboxylic acids is 2. The molecule has 0 bridgehead atoms. The van der Waals surface area contributed by atoms with Gasteiger partial charge in [-0.25, -0.2) is 9.37 Å². The van der Waals surface area contributed by atoms with Gasteiger partial charge in [0.25, 0.3) is 0 Å². The topological polar surface area (TPSA) is 104 Å². The minimum absolute atomic E-state index is 0.119. The first-order valence-electron chi connectivity index (χ1n) is 12.1. The third kappa shape index (κ3) is 5.07. The molecule has 1 aliphatic rings. The molecule has 1 aliphatic heterocycles. The SMILES string of the molecule is NC(=O)C1CCCN(c2ccc(NC(=O)CCc3c(-c4ccc(F)cc4)[nH]c4ccccc34)cn2)C1. The van der Waals surface area contributed by atoms with Crippen molar-refractivity contribution in [1.29, 1.82) is 0 Å². The number of pyridine rings is 1. The molecule has 36 heavy (non-hydrogen) atoms. The largest absolute Gasteiger partial charge is 0.369 e. The van der Waals surface area contributed by atoms with Crippen molar-refractivity contribution in [3.8, 4) is 11.3 Å². The van der Waals surface area contributed by atoms with Crippen molar-refractivity contribution in [3.05, 3.63) is 78.2 Å². The molecule has 1 saturated heterocycles. The Hall–Kier alpha value is -4.20. The van der Waals surface area contributed by atoms with Crippen LogP contribution >= 0.6 is 0 Å². The van der Waals surface area contributed by atoms with E-state index in [9.17, 15) is 14.0 Å². The molecule has 184 valence electrons. The van der Waals surface area contributed by atoms with Gasteiger partial charge in [0.1, 0.15) is 11.6 Å². The molecular formula is C28H28FN5O2. The number of hydrogen-bond donors (Lipinski definition) is 3. The van der Waals surface area contributed by atoms with Gasteiger partial charge in [0.2, 0.25) is 11.8 Å². The fraction of sp³-hybridized carbons (Fsp3) is 0.250. The Morgan fingerprint density at radius 2 is 1.92 bits per heavy atom. The number of amides is 2. The minimum Gasteiger partial charge on any atom is -0.369 e. The molecule has 2 amide bonds. The number of rotatable bonds is 7. The van der Waals surface area contributed by atoms with E-state index in [1.165, 1.54) is 12.1 Å². The monoisotopic (exact) mass is 485 g/mol. The van der Waals surface area contributed by atoms with Gasteiger partial charge in [0, 0.05) is 36.1 Å². The van der Waals surface area contributed by atoms with Crippen LogP contribution in [0.5, 0.6) is 0 Å². The molecule has 1 unspecified atom stereocenters. The second-order valence-electron chi connectivity index (χ2n) is 9.17. The van der Waals surface area contributed by atoms with Gasteiger partial charge in [0.15, 0.2) is 0 Å². The number of H-pyrrole nitrogens is 1. The number of halogens is 1. The zero-order chi connectivity index (χ0) is 25.1. The highest BCUT2D eigenvalue weighted by Gasteiger charge is 2.24. The number of nitrogens with two attached hydrogens (primary N) is 1. The summed E-state index contributed by atoms with van der Waals surface area (Å²) in [6.45, 7) is 1.39. The number of primary amides is 1. The summed E-state index contributed by atoms with van der Waals surface area (Å²) in [5.74, 6) is -0.0812. The predicted molar refractivity (Wildman–Crippen MR) is 139 cm³/mol. The van der Waals surface area contributed by atoms with Crippen LogP contribution in [0.1, 0.15) is 24.8 Å². The Balaban J connectivity index is 1.26. The number of nitrogens with one attached hydrogen (secondary N) is 2. The summed E-state index contributed by atoms with van der Waals surface area (Å²) in [7, 11) is 0. The molecule has 2 aromatic carbocycles. The smallest absolute Gasteiger partial charge is 0.224 e. The van der Waals surface area contributed by atoms with E-state index in [1.54, 1.807) is 18.3 Å². The van der Waals surface area contributed by atoms with Gasteiger partial charge < -0.3 is 20.9 Å². The first-order valence-corrected chi connectivity index (χ1v) is 12.1. The Morgan fingerprint density at radius 3 is 2.67 bits per heavy atom. The molecular weight excluding hydrogens is 457 g/mol. The number of benzene rings is 2. The number of hydrogen-bond acceptors (Lipinski definition) is 4. The number of aromatic amines is 1. The van der Waals surface area contributed by atoms with E-state index in [2.05, 4.69) is 20.2 Å². The number of nitrogens with zero attached hydrogens (tertiary/aromatic N) is 2. The lowest BCUT2D eigenvalue weighted by Gasteiger charge is -2.32. The summed E-state index contributed by atoms with van der Waals surface area (Å²) in [5.41, 5.74) is 9.86. The number of carbonyl (C=O) groups is 2. The lowest BCUT2D eigenvalue weighted by Crippen LogP contribution is -2.41. The van der Waals surface area contributed by atoms with Crippen LogP contribution < -0.4 is 16.0 Å². The number of piperidine rings is 1. The van der Waals surface area contributed by atoms with Crippen LogP contribution in [0.15, 0.2) is 66.9 Å². The molecule has 2 aromatic heterocycles. The number of fused-ring (bicyclic) bond motifs is 1. The Bertz CT molecular complexity index is 1380. The second kappa shape index (κ2) is 10.2. The van der Waals surface area contributed by atoms with Crippen molar-refractivity contribution in [2.24, 2.45) is 11.7 Å². The maximum absolute atomic E-state index is 13.5. The average molecular weight is 486 g/mol. The van der Waals surface area contributed by atoms with E-state index in [1.807, 2.05) is 36.4 Å². The van der Waals surface area contributed by atoms with Crippen LogP contribution in [0.3, 0.4) is 0 Å². The fourth-order valence-electron chi connectivity index (χ4n) is 4.85. The van der Waals surface area contributed by atoms with E-state index in [4.69, 9.17) is 5.73 Å². The number of aromatic nitrogens is 2. The molecule has 0 aliphatic carbocycles. The van der Waals surface area contributed by atoms with Gasteiger partial charge in [-0.05, 0) is 72.9 Å². The van der Waals surface area contributed by atoms with Crippen molar-refractivity contribution in [2.45, 2.75) is 25.7 Å². The molecule has 3 heterocycles. The van der Waals surface area contributed by atoms with Crippen LogP contribution in [0, 0.1) is 11.7 Å². The van der Waals surface area contributed by atoms with E-state index in [-0.39, 0.29) is 30.0 Å². The van der Waals surface area contributed by atoms with E-state index >= 15 is 0 Å². The first-order chi connectivity index (χ1) is 17.5. The van der Waals surface area contributed by atoms with Gasteiger partial charge >= 0.3 is 0 Å². The standard InChI is InChI=1S/C28H28FN5O2/c29-20-9-7-18(8-10-20)27-23(22-5-1-2-6-24(22)33-27)12-14-26(35)32-21-11-13-25(31-16-21)34-15-3-4-19(17-34)28(30)36/h1-2,5-11,13,16,19,33H,3-4,12,14-15,17H2,(H2,30,36)(H,32,35). The van der Waals surface area contributed by atoms with Gasteiger partial charge in [-0.2, -0.15) is 0 Å². The molecule has 1 fully saturated rings. The Labute approximate surface area is 208 Å². The van der Waals surface area contributed by atoms with Gasteiger partial charge in [0.05, 0.1) is 17.8 Å². The van der Waals surface area contributed by atoms with Gasteiger partial charge in [-0.3, -0.25) is 9.59 Å². The maximum Gasteiger partial charge on any atom is 0.224 e. The zero-order valence-electron chi connectivity index (χ0n) is 19.8. The van der Waals surface area contributed by atoms with Crippen LogP contribution in [0.4, 0.5) is 15.9 Å². The summed E-state index contributed by atoms with van der Waals surface area (Å²) < 4.78 is 13.5. The Morgan fingerprint density at radius 1 is 1.11 bits per heavy atom. The van der Waals surface area contributed by atoms with Crippen LogP contribution in [-0.2, 0) is 16.0 Å². The van der Waals surface area contributed by atoms with Crippen molar-refractivity contribution in [3.63, 3.8) is 0 Å². The molecule has 5 rings (SSSR count). The van der Waals surface area contributed by atoms with E-state index < -0.39 is 0 Å². The number of para-hydroxylation sites is 1. The summed E-state index contributed by atoms with van der Waals surface area (Å²) >= 11 is 0. The lowest BCUT2D eigenvalue weighted by atomic mass is 9.97. The Kier molecular flexibility index (Phi) is 6.66. The van der Waals surface area contributed by atoms with Crippen LogP contribution in [0.25, 0.3) is 22.2 Å². The van der Waals surface area contributed by atoms with Gasteiger partial charge in [-0.15, -0.1) is 0 Å². The normalized spacial score (nSPS) is 15.7. The van der Waals surface area contributed by atoms with Crippen molar-refractivity contribution >= 4 is 34.2 Å². The number of anilines is 2. The van der Waals surface area contributed by atoms with Crippen molar-refractivity contribution in [2.75, 3.05) is 23.3 Å². The quantitative estimate of drug-likeness (QED) is 0.355. The summed E-state index contributed by atoms with van der Waals surface area (Å²) in [6.07, 6.45) is 4.14. The molecule has 1 atom stereocenters. The molecule has 0 radical (unpaired) electrons. The summed E-state index contributed by atoms with van der Waals surface area (Å²) in [6, 6.07) is 18.0. The predicted octanol–water partition coefficient (Wildman–Crippen LogP) is 4.64. The average Bonchev–Trinajstić information content (AvgIpc) is 3.27. The van der Waals surface area contributed by atoms with Crippen LogP contribution in [0.2, 0.25) is 0 Å². The fourth-order valence-corrected chi connectivity index (χ4v) is 4.85. The molecule has 4 N–H and O–H groups in total. The van der Waals surface area contributed by atoms with Crippen molar-refractivity contribution < 1.29 is 14.0 Å². The first kappa shape index (κ1) is 23.5. The highest BCUT2D eigenvalue weighted by Crippen LogP contribution is 2.31. The second-order valence-corrected chi connectivity index (χ2v) is 9.17. The highest BCUT2D eigenvalue weighted by molar-refractivity contribution is 5.94. The number of aryl methyl sites for hydroxylation is 1. The van der Waals surface area contributed by atoms with Crippen LogP contribution in [-0.4, -0.2) is 34.9 Å². The molecule has 4 aromatic rings. The molecule has 0 spiro atoms. The van der Waals surface area contributed by atoms with E-state index in [0.29, 0.717) is 18.7 Å². The molecule has 0 saturated carbocycles. The third-order valence-electron chi connectivity index (χ3n) is 6.73. The van der Waals surface area contributed by atoms with Crippen molar-refractivity contribution in [1.82, 2.24) is 9.97 Å². The third-order valence-corrected chi connectivity index (χ3v) is 6.73. The molecule has 7 nitrogen and oxygen atoms in total. The van der Waals surface area contributed by atoms with E-state index in [0.717, 1.165) is 52.9 Å². The molecule has 8 heteroatoms. The zero-order valence-corrected chi connectivity index (χ0v) is 19.8. The van der Waals surface area contributed by atoms with Gasteiger partial charge in [-0.1, -0.05) is 18.2 Å².